The van der Waals surface area contributed by atoms with Crippen LogP contribution >= 0.6 is 0 Å². The smallest absolute Gasteiger partial charge is 0.0537 e. The van der Waals surface area contributed by atoms with Gasteiger partial charge in [0.05, 0.1) is 6.20 Å². The van der Waals surface area contributed by atoms with Crippen LogP contribution in [-0.2, 0) is 13.1 Å². The molecule has 1 N–H and O–H groups in total. The summed E-state index contributed by atoms with van der Waals surface area (Å²) in [4.78, 5) is 7.89. The van der Waals surface area contributed by atoms with Crippen LogP contribution in [0.15, 0.2) is 6.20 Å². The minimum Gasteiger partial charge on any atom is -0.396 e. The van der Waals surface area contributed by atoms with Crippen LogP contribution in [0.4, 0.5) is 0 Å². The third-order valence-corrected chi connectivity index (χ3v) is 6.81. The molecule has 0 aromatic carbocycles. The molecule has 3 rings (SSSR count). The van der Waals surface area contributed by atoms with Gasteiger partial charge in [0.2, 0.25) is 0 Å². The summed E-state index contributed by atoms with van der Waals surface area (Å²) in [7, 11) is 0. The fourth-order valence-electron chi connectivity index (χ4n) is 5.02. The van der Waals surface area contributed by atoms with E-state index in [1.54, 1.807) is 0 Å². The lowest BCUT2D eigenvalue weighted by atomic mass is 9.97. The van der Waals surface area contributed by atoms with Crippen molar-refractivity contribution in [3.05, 3.63) is 17.5 Å². The molecule has 28 heavy (non-hydrogen) atoms. The Bertz CT molecular complexity index is 594. The normalized spacial score (nSPS) is 23.7. The topological polar surface area (TPSA) is 47.8 Å². The molecule has 0 unspecified atom stereocenters. The molecule has 2 aliphatic heterocycles. The molecule has 2 saturated heterocycles. The van der Waals surface area contributed by atoms with Crippen LogP contribution in [0.3, 0.4) is 0 Å². The fourth-order valence-corrected chi connectivity index (χ4v) is 5.02. The van der Waals surface area contributed by atoms with E-state index in [9.17, 15) is 5.11 Å². The maximum atomic E-state index is 9.67. The van der Waals surface area contributed by atoms with Gasteiger partial charge in [0, 0.05) is 68.7 Å². The first-order valence-corrected chi connectivity index (χ1v) is 11.4. The number of aliphatic hydroxyl groups excluding tert-OH is 1. The predicted octanol–water partition coefficient (Wildman–Crippen LogP) is 2.34. The Kier molecular flexibility index (Phi) is 7.92. The Labute approximate surface area is 171 Å². The summed E-state index contributed by atoms with van der Waals surface area (Å²) < 4.78 is 2.14. The number of rotatable bonds is 8. The molecule has 6 heteroatoms. The number of likely N-dealkylation sites (tertiary alicyclic amines) is 1. The lowest BCUT2D eigenvalue weighted by Crippen LogP contribution is -2.58. The largest absolute Gasteiger partial charge is 0.396 e. The first kappa shape index (κ1) is 21.8. The highest BCUT2D eigenvalue weighted by atomic mass is 16.3. The summed E-state index contributed by atoms with van der Waals surface area (Å²) in [6, 6.07) is 1.81. The summed E-state index contributed by atoms with van der Waals surface area (Å²) in [6.45, 7) is 17.0. The number of piperazine rings is 1. The van der Waals surface area contributed by atoms with Crippen molar-refractivity contribution >= 4 is 0 Å². The molecule has 0 aliphatic carbocycles. The maximum Gasteiger partial charge on any atom is 0.0537 e. The van der Waals surface area contributed by atoms with Gasteiger partial charge in [-0.3, -0.25) is 14.5 Å². The van der Waals surface area contributed by atoms with Gasteiger partial charge in [0.15, 0.2) is 0 Å². The second kappa shape index (κ2) is 10.2. The number of piperidine rings is 1. The third kappa shape index (κ3) is 5.15. The van der Waals surface area contributed by atoms with Gasteiger partial charge >= 0.3 is 0 Å². The molecule has 2 aliphatic rings. The van der Waals surface area contributed by atoms with E-state index in [0.29, 0.717) is 18.1 Å². The zero-order valence-corrected chi connectivity index (χ0v) is 18.5. The molecular formula is C22H41N5O. The maximum absolute atomic E-state index is 9.67. The highest BCUT2D eigenvalue weighted by Gasteiger charge is 2.34. The van der Waals surface area contributed by atoms with Crippen LogP contribution in [0.5, 0.6) is 0 Å². The van der Waals surface area contributed by atoms with Gasteiger partial charge in [0.1, 0.15) is 0 Å². The lowest BCUT2D eigenvalue weighted by molar-refractivity contribution is -0.0000860. The standard InChI is InChI=1S/C22H41N5O/c1-5-9-27-19(4)20(15-23-27)16-24-12-13-26(22(17-24)8-14-28)21-6-10-25(11-7-21)18(2)3/h15,18,21-22,28H,5-14,16-17H2,1-4H3/t22-/m0/s1. The van der Waals surface area contributed by atoms with E-state index in [1.165, 1.54) is 37.2 Å². The monoisotopic (exact) mass is 391 g/mol. The summed E-state index contributed by atoms with van der Waals surface area (Å²) >= 11 is 0. The molecule has 1 atom stereocenters. The quantitative estimate of drug-likeness (QED) is 0.737. The molecule has 6 nitrogen and oxygen atoms in total. The molecule has 3 heterocycles. The Morgan fingerprint density at radius 1 is 1.18 bits per heavy atom. The second-order valence-electron chi connectivity index (χ2n) is 8.98. The Balaban J connectivity index is 1.58. The molecule has 0 radical (unpaired) electrons. The van der Waals surface area contributed by atoms with Crippen LogP contribution in [0, 0.1) is 6.92 Å². The van der Waals surface area contributed by atoms with Crippen LogP contribution in [0.1, 0.15) is 57.7 Å². The Morgan fingerprint density at radius 2 is 1.93 bits per heavy atom. The van der Waals surface area contributed by atoms with E-state index in [0.717, 1.165) is 45.6 Å². The predicted molar refractivity (Wildman–Crippen MR) is 114 cm³/mol. The molecule has 1 aromatic heterocycles. The highest BCUT2D eigenvalue weighted by molar-refractivity contribution is 5.16. The zero-order valence-electron chi connectivity index (χ0n) is 18.5. The summed E-state index contributed by atoms with van der Waals surface area (Å²) in [6.07, 6.45) is 6.59. The van der Waals surface area contributed by atoms with Crippen molar-refractivity contribution in [3.63, 3.8) is 0 Å². The van der Waals surface area contributed by atoms with E-state index >= 15 is 0 Å². The first-order valence-electron chi connectivity index (χ1n) is 11.4. The first-order chi connectivity index (χ1) is 13.5. The van der Waals surface area contributed by atoms with Crippen LogP contribution in [-0.4, -0.2) is 87.0 Å². The van der Waals surface area contributed by atoms with Crippen LogP contribution in [0.2, 0.25) is 0 Å². The van der Waals surface area contributed by atoms with Crippen molar-refractivity contribution in [1.82, 2.24) is 24.5 Å². The van der Waals surface area contributed by atoms with Crippen LogP contribution < -0.4 is 0 Å². The van der Waals surface area contributed by atoms with Crippen molar-refractivity contribution in [2.24, 2.45) is 0 Å². The number of hydrogen-bond donors (Lipinski definition) is 1. The molecule has 160 valence electrons. The number of aryl methyl sites for hydroxylation is 1. The highest BCUT2D eigenvalue weighted by Crippen LogP contribution is 2.25. The van der Waals surface area contributed by atoms with E-state index in [2.05, 4.69) is 58.4 Å². The van der Waals surface area contributed by atoms with Gasteiger partial charge < -0.3 is 10.0 Å². The van der Waals surface area contributed by atoms with Crippen LogP contribution in [0.25, 0.3) is 0 Å². The van der Waals surface area contributed by atoms with Crippen molar-refractivity contribution in [1.29, 1.82) is 0 Å². The Morgan fingerprint density at radius 3 is 2.57 bits per heavy atom. The summed E-state index contributed by atoms with van der Waals surface area (Å²) in [5.74, 6) is 0. The van der Waals surface area contributed by atoms with E-state index < -0.39 is 0 Å². The zero-order chi connectivity index (χ0) is 20.1. The number of hydrogen-bond acceptors (Lipinski definition) is 5. The molecule has 0 spiro atoms. The number of nitrogens with zero attached hydrogens (tertiary/aromatic N) is 5. The van der Waals surface area contributed by atoms with Crippen molar-refractivity contribution in [2.75, 3.05) is 39.3 Å². The minimum atomic E-state index is 0.285. The fraction of sp³-hybridized carbons (Fsp3) is 0.864. The molecule has 0 bridgehead atoms. The van der Waals surface area contributed by atoms with Gasteiger partial charge in [-0.25, -0.2) is 0 Å². The molecule has 0 amide bonds. The Hall–Kier alpha value is -0.950. The van der Waals surface area contributed by atoms with Crippen molar-refractivity contribution in [2.45, 2.75) is 84.6 Å². The van der Waals surface area contributed by atoms with Gasteiger partial charge in [-0.15, -0.1) is 0 Å². The van der Waals surface area contributed by atoms with Gasteiger partial charge in [0.25, 0.3) is 0 Å². The van der Waals surface area contributed by atoms with Gasteiger partial charge in [-0.1, -0.05) is 6.92 Å². The summed E-state index contributed by atoms with van der Waals surface area (Å²) in [5.41, 5.74) is 2.67. The van der Waals surface area contributed by atoms with Gasteiger partial charge in [-0.05, 0) is 59.5 Å². The number of aliphatic hydroxyl groups is 1. The SMILES string of the molecule is CCCn1ncc(CN2CCN(C3CCN(C(C)C)CC3)[C@@H](CCO)C2)c1C. The third-order valence-electron chi connectivity index (χ3n) is 6.81. The minimum absolute atomic E-state index is 0.285. The summed E-state index contributed by atoms with van der Waals surface area (Å²) in [5, 5.41) is 14.2. The average molecular weight is 392 g/mol. The number of aromatic nitrogens is 2. The second-order valence-corrected chi connectivity index (χ2v) is 8.98. The molecule has 0 saturated carbocycles. The van der Waals surface area contributed by atoms with Gasteiger partial charge in [-0.2, -0.15) is 5.10 Å². The van der Waals surface area contributed by atoms with Crippen molar-refractivity contribution < 1.29 is 5.11 Å². The van der Waals surface area contributed by atoms with E-state index in [1.807, 2.05) is 0 Å². The van der Waals surface area contributed by atoms with E-state index in [4.69, 9.17) is 0 Å². The average Bonchev–Trinajstić information content (AvgIpc) is 3.02. The lowest BCUT2D eigenvalue weighted by Gasteiger charge is -2.48. The van der Waals surface area contributed by atoms with E-state index in [-0.39, 0.29) is 6.61 Å². The molecular weight excluding hydrogens is 350 g/mol. The molecule has 1 aromatic rings. The molecule has 2 fully saturated rings. The van der Waals surface area contributed by atoms with Crippen molar-refractivity contribution in [3.8, 4) is 0 Å².